The van der Waals surface area contributed by atoms with E-state index in [1.54, 1.807) is 26.0 Å². The van der Waals surface area contributed by atoms with Gasteiger partial charge >= 0.3 is 5.97 Å². The van der Waals surface area contributed by atoms with E-state index in [9.17, 15) is 14.3 Å². The summed E-state index contributed by atoms with van der Waals surface area (Å²) in [5, 5.41) is 12.5. The van der Waals surface area contributed by atoms with Gasteiger partial charge in [-0.25, -0.2) is 4.79 Å². The molecule has 1 aromatic rings. The number of carboxylic acids is 1. The fourth-order valence-electron chi connectivity index (χ4n) is 2.98. The monoisotopic (exact) mass is 401 g/mol. The van der Waals surface area contributed by atoms with Crippen LogP contribution in [0, 0.1) is 0 Å². The topological polar surface area (TPSA) is 114 Å². The summed E-state index contributed by atoms with van der Waals surface area (Å²) in [6.45, 7) is 6.53. The average Bonchev–Trinajstić information content (AvgIpc) is 2.63. The van der Waals surface area contributed by atoms with Crippen molar-refractivity contribution in [3.63, 3.8) is 0 Å². The highest BCUT2D eigenvalue weighted by atomic mass is 31.2. The molecule has 152 valence electrons. The molecule has 3 atom stereocenters. The predicted molar refractivity (Wildman–Crippen MR) is 100 cm³/mol. The highest BCUT2D eigenvalue weighted by Crippen LogP contribution is 2.48. The molecule has 9 heteroatoms. The standard InChI is InChI=1S/C18H28NO7P/c1-4-24-17(25-5-2)27(22,23)11-15-10-19-18(3,12-26-15)14-8-6-7-13(9-14)16(20)21/h6-9,15,17,19H,4-5,10-12H2,1-3H3,(H,20,21)(H,22,23)/t15-,18+/m1/s1. The number of benzene rings is 1. The van der Waals surface area contributed by atoms with E-state index >= 15 is 0 Å². The molecule has 1 aliphatic heterocycles. The number of hydrogen-bond donors (Lipinski definition) is 3. The molecule has 0 saturated carbocycles. The number of ether oxygens (including phenoxy) is 3. The highest BCUT2D eigenvalue weighted by molar-refractivity contribution is 7.58. The van der Waals surface area contributed by atoms with Crippen LogP contribution in [0.1, 0.15) is 36.7 Å². The molecule has 1 aliphatic rings. The number of rotatable bonds is 9. The maximum absolute atomic E-state index is 12.6. The molecule has 1 saturated heterocycles. The van der Waals surface area contributed by atoms with Crippen molar-refractivity contribution >= 4 is 13.3 Å². The summed E-state index contributed by atoms with van der Waals surface area (Å²) in [5.74, 6) is -0.992. The molecular weight excluding hydrogens is 373 g/mol. The molecule has 0 bridgehead atoms. The lowest BCUT2D eigenvalue weighted by Gasteiger charge is -2.40. The molecule has 1 unspecified atom stereocenters. The molecule has 0 spiro atoms. The van der Waals surface area contributed by atoms with Crippen LogP contribution in [0.5, 0.6) is 0 Å². The van der Waals surface area contributed by atoms with Crippen molar-refractivity contribution in [3.8, 4) is 0 Å². The molecule has 1 aromatic carbocycles. The molecule has 0 aromatic heterocycles. The zero-order chi connectivity index (χ0) is 20.1. The Hall–Kier alpha value is -1.28. The minimum Gasteiger partial charge on any atom is -0.478 e. The maximum Gasteiger partial charge on any atom is 0.335 e. The van der Waals surface area contributed by atoms with Crippen molar-refractivity contribution in [1.82, 2.24) is 5.32 Å². The van der Waals surface area contributed by atoms with Crippen molar-refractivity contribution in [2.45, 2.75) is 38.4 Å². The van der Waals surface area contributed by atoms with Gasteiger partial charge in [-0.05, 0) is 38.5 Å². The second-order valence-electron chi connectivity index (χ2n) is 6.69. The van der Waals surface area contributed by atoms with Gasteiger partial charge in [-0.15, -0.1) is 0 Å². The van der Waals surface area contributed by atoms with Crippen LogP contribution in [0.3, 0.4) is 0 Å². The van der Waals surface area contributed by atoms with E-state index in [-0.39, 0.29) is 31.5 Å². The first-order valence-electron chi connectivity index (χ1n) is 8.97. The van der Waals surface area contributed by atoms with Crippen LogP contribution in [-0.2, 0) is 24.3 Å². The first-order valence-corrected chi connectivity index (χ1v) is 10.9. The quantitative estimate of drug-likeness (QED) is 0.426. The average molecular weight is 401 g/mol. The van der Waals surface area contributed by atoms with E-state index in [0.29, 0.717) is 6.54 Å². The highest BCUT2D eigenvalue weighted by Gasteiger charge is 2.40. The normalized spacial score (nSPS) is 25.3. The lowest BCUT2D eigenvalue weighted by molar-refractivity contribution is -0.0889. The van der Waals surface area contributed by atoms with Crippen molar-refractivity contribution in [2.75, 3.05) is 32.5 Å². The second-order valence-corrected chi connectivity index (χ2v) is 8.99. The Balaban J connectivity index is 2.02. The smallest absolute Gasteiger partial charge is 0.335 e. The van der Waals surface area contributed by atoms with Crippen molar-refractivity contribution < 1.29 is 33.6 Å². The zero-order valence-electron chi connectivity index (χ0n) is 15.9. The van der Waals surface area contributed by atoms with Crippen LogP contribution in [0.4, 0.5) is 0 Å². The molecule has 8 nitrogen and oxygen atoms in total. The van der Waals surface area contributed by atoms with E-state index in [2.05, 4.69) is 5.32 Å². The molecule has 1 fully saturated rings. The van der Waals surface area contributed by atoms with Crippen LogP contribution in [-0.4, -0.2) is 60.6 Å². The summed E-state index contributed by atoms with van der Waals surface area (Å²) in [4.78, 5) is 21.6. The fraction of sp³-hybridized carbons (Fsp3) is 0.611. The van der Waals surface area contributed by atoms with Gasteiger partial charge in [0.2, 0.25) is 6.03 Å². The third-order valence-electron chi connectivity index (χ3n) is 4.49. The van der Waals surface area contributed by atoms with Crippen LogP contribution in [0.25, 0.3) is 0 Å². The molecule has 27 heavy (non-hydrogen) atoms. The first kappa shape index (κ1) is 22.0. The zero-order valence-corrected chi connectivity index (χ0v) is 16.8. The number of aromatic carboxylic acids is 1. The summed E-state index contributed by atoms with van der Waals surface area (Å²) < 4.78 is 29.0. The van der Waals surface area contributed by atoms with Gasteiger partial charge in [-0.2, -0.15) is 0 Å². The van der Waals surface area contributed by atoms with E-state index < -0.39 is 31.0 Å². The largest absolute Gasteiger partial charge is 0.478 e. The Labute approximate surface area is 159 Å². The number of carbonyl (C=O) groups is 1. The Kier molecular flexibility index (Phi) is 7.56. The van der Waals surface area contributed by atoms with E-state index in [4.69, 9.17) is 19.3 Å². The van der Waals surface area contributed by atoms with Gasteiger partial charge in [0.05, 0.1) is 30.0 Å². The third kappa shape index (κ3) is 5.60. The minimum absolute atomic E-state index is 0.0874. The Morgan fingerprint density at radius 2 is 2.07 bits per heavy atom. The van der Waals surface area contributed by atoms with E-state index in [1.165, 1.54) is 6.07 Å². The Morgan fingerprint density at radius 3 is 2.59 bits per heavy atom. The molecule has 0 radical (unpaired) electrons. The summed E-state index contributed by atoms with van der Waals surface area (Å²) >= 11 is 0. The van der Waals surface area contributed by atoms with Crippen molar-refractivity contribution in [1.29, 1.82) is 0 Å². The Bertz CT molecular complexity index is 682. The van der Waals surface area contributed by atoms with Crippen LogP contribution in [0.15, 0.2) is 24.3 Å². The van der Waals surface area contributed by atoms with E-state index in [1.807, 2.05) is 13.0 Å². The van der Waals surface area contributed by atoms with Gasteiger partial charge in [-0.3, -0.25) is 4.57 Å². The summed E-state index contributed by atoms with van der Waals surface area (Å²) in [7, 11) is -3.73. The van der Waals surface area contributed by atoms with E-state index in [0.717, 1.165) is 5.56 Å². The molecular formula is C18H28NO7P. The molecule has 1 heterocycles. The van der Waals surface area contributed by atoms with Crippen LogP contribution >= 0.6 is 7.37 Å². The van der Waals surface area contributed by atoms with Gasteiger partial charge < -0.3 is 29.5 Å². The Morgan fingerprint density at radius 1 is 1.41 bits per heavy atom. The van der Waals surface area contributed by atoms with Gasteiger partial charge in [0.25, 0.3) is 7.37 Å². The number of morpholine rings is 1. The molecule has 3 N–H and O–H groups in total. The van der Waals surface area contributed by atoms with Crippen molar-refractivity contribution in [2.24, 2.45) is 0 Å². The fourth-order valence-corrected chi connectivity index (χ4v) is 4.73. The SMILES string of the molecule is CCOC(OCC)P(=O)(O)C[C@H]1CN[C@](C)(c2cccc(C(=O)O)c2)CO1. The summed E-state index contributed by atoms with van der Waals surface area (Å²) in [6, 6.07) is 5.51. The van der Waals surface area contributed by atoms with Gasteiger partial charge in [-0.1, -0.05) is 12.1 Å². The predicted octanol–water partition coefficient (Wildman–Crippen LogP) is 2.22. The van der Waals surface area contributed by atoms with Crippen LogP contribution < -0.4 is 5.32 Å². The molecule has 0 amide bonds. The minimum atomic E-state index is -3.73. The van der Waals surface area contributed by atoms with Gasteiger partial charge in [0.1, 0.15) is 0 Å². The van der Waals surface area contributed by atoms with Crippen LogP contribution in [0.2, 0.25) is 0 Å². The molecule has 0 aliphatic carbocycles. The first-order chi connectivity index (χ1) is 12.7. The van der Waals surface area contributed by atoms with Gasteiger partial charge in [0.15, 0.2) is 0 Å². The lowest BCUT2D eigenvalue weighted by atomic mass is 9.90. The lowest BCUT2D eigenvalue weighted by Crippen LogP contribution is -2.54. The second kappa shape index (κ2) is 9.28. The number of hydrogen-bond acceptors (Lipinski definition) is 6. The number of nitrogens with one attached hydrogen (secondary N) is 1. The van der Waals surface area contributed by atoms with Gasteiger partial charge in [0, 0.05) is 19.8 Å². The summed E-state index contributed by atoms with van der Waals surface area (Å²) in [5.41, 5.74) is 0.406. The third-order valence-corrected chi connectivity index (χ3v) is 6.37. The maximum atomic E-state index is 12.6. The molecule has 2 rings (SSSR count). The van der Waals surface area contributed by atoms with Crippen molar-refractivity contribution in [3.05, 3.63) is 35.4 Å². The summed E-state index contributed by atoms with van der Waals surface area (Å²) in [6.07, 6.45) is -0.560. The number of carboxylic acid groups (broad SMARTS) is 1.